The molecule has 0 radical (unpaired) electrons. The van der Waals surface area contributed by atoms with Crippen LogP contribution in [0, 0.1) is 12.8 Å². The molecule has 0 bridgehead atoms. The monoisotopic (exact) mass is 242 g/mol. The predicted octanol–water partition coefficient (Wildman–Crippen LogP) is 2.94. The summed E-state index contributed by atoms with van der Waals surface area (Å²) in [4.78, 5) is 11.7. The Morgan fingerprint density at radius 1 is 1.22 bits per heavy atom. The molecule has 0 spiro atoms. The second-order valence-corrected chi connectivity index (χ2v) is 5.05. The number of benzene rings is 1. The predicted molar refractivity (Wildman–Crippen MR) is 73.6 cm³/mol. The molecule has 1 N–H and O–H groups in total. The van der Waals surface area contributed by atoms with Crippen LogP contribution in [0.4, 0.5) is 0 Å². The van der Waals surface area contributed by atoms with Gasteiger partial charge >= 0.3 is 0 Å². The van der Waals surface area contributed by atoms with Gasteiger partial charge in [0, 0.05) is 0 Å². The van der Waals surface area contributed by atoms with Crippen molar-refractivity contribution in [3.05, 3.63) is 51.9 Å². The third-order valence-corrected chi connectivity index (χ3v) is 2.84. The maximum Gasteiger partial charge on any atom is 0.272 e. The molecular formula is C15H18N2O. The summed E-state index contributed by atoms with van der Waals surface area (Å²) in [7, 11) is 0. The maximum absolute atomic E-state index is 11.7. The maximum atomic E-state index is 11.7. The molecule has 3 heteroatoms. The molecule has 2 aromatic rings. The van der Waals surface area contributed by atoms with E-state index < -0.39 is 0 Å². The van der Waals surface area contributed by atoms with E-state index in [1.54, 1.807) is 0 Å². The Hall–Kier alpha value is -1.90. The molecule has 18 heavy (non-hydrogen) atoms. The molecule has 0 amide bonds. The lowest BCUT2D eigenvalue weighted by atomic mass is 10.00. The standard InChI is InChI=1S/C15H18N2O/c1-10(2)8-12-4-6-13(7-5-12)14-9-11(3)16-17-15(14)18/h4-7,9-10H,8H2,1-3H3,(H,17,18). The number of hydrogen-bond donors (Lipinski definition) is 1. The number of aromatic amines is 1. The van der Waals surface area contributed by atoms with Crippen LogP contribution >= 0.6 is 0 Å². The van der Waals surface area contributed by atoms with Crippen molar-refractivity contribution in [3.8, 4) is 11.1 Å². The van der Waals surface area contributed by atoms with Crippen LogP contribution in [0.3, 0.4) is 0 Å². The Kier molecular flexibility index (Phi) is 3.60. The highest BCUT2D eigenvalue weighted by Crippen LogP contribution is 2.17. The fourth-order valence-corrected chi connectivity index (χ4v) is 2.01. The molecule has 0 atom stereocenters. The quantitative estimate of drug-likeness (QED) is 0.899. The first-order valence-corrected chi connectivity index (χ1v) is 6.22. The molecule has 0 unspecified atom stereocenters. The van der Waals surface area contributed by atoms with Crippen LogP contribution in [0.1, 0.15) is 25.1 Å². The Bertz CT molecular complexity index is 582. The van der Waals surface area contributed by atoms with Crippen LogP contribution in [-0.4, -0.2) is 10.2 Å². The summed E-state index contributed by atoms with van der Waals surface area (Å²) < 4.78 is 0. The van der Waals surface area contributed by atoms with Gasteiger partial charge in [-0.15, -0.1) is 0 Å². The molecule has 1 aromatic carbocycles. The van der Waals surface area contributed by atoms with Crippen molar-refractivity contribution in [3.63, 3.8) is 0 Å². The van der Waals surface area contributed by atoms with Gasteiger partial charge in [-0.1, -0.05) is 38.1 Å². The average molecular weight is 242 g/mol. The van der Waals surface area contributed by atoms with Crippen LogP contribution < -0.4 is 5.56 Å². The number of aryl methyl sites for hydroxylation is 1. The summed E-state index contributed by atoms with van der Waals surface area (Å²) in [5.41, 5.74) is 3.59. The summed E-state index contributed by atoms with van der Waals surface area (Å²) in [6.07, 6.45) is 1.06. The van der Waals surface area contributed by atoms with Gasteiger partial charge in [-0.05, 0) is 36.5 Å². The molecule has 1 heterocycles. The highest BCUT2D eigenvalue weighted by molar-refractivity contribution is 5.62. The van der Waals surface area contributed by atoms with E-state index in [1.165, 1.54) is 5.56 Å². The van der Waals surface area contributed by atoms with Gasteiger partial charge in [0.15, 0.2) is 0 Å². The Labute approximate surface area is 107 Å². The highest BCUT2D eigenvalue weighted by Gasteiger charge is 2.05. The van der Waals surface area contributed by atoms with Gasteiger partial charge in [0.2, 0.25) is 0 Å². The first-order valence-electron chi connectivity index (χ1n) is 6.22. The topological polar surface area (TPSA) is 45.8 Å². The zero-order chi connectivity index (χ0) is 13.1. The van der Waals surface area contributed by atoms with Gasteiger partial charge in [-0.25, -0.2) is 5.10 Å². The fraction of sp³-hybridized carbons (Fsp3) is 0.333. The van der Waals surface area contributed by atoms with Crippen LogP contribution in [0.2, 0.25) is 0 Å². The van der Waals surface area contributed by atoms with Gasteiger partial charge in [0.25, 0.3) is 5.56 Å². The Morgan fingerprint density at radius 2 is 1.89 bits per heavy atom. The van der Waals surface area contributed by atoms with E-state index in [2.05, 4.69) is 36.2 Å². The minimum atomic E-state index is -0.141. The summed E-state index contributed by atoms with van der Waals surface area (Å²) in [5.74, 6) is 0.641. The van der Waals surface area contributed by atoms with E-state index in [1.807, 2.05) is 25.1 Å². The van der Waals surface area contributed by atoms with E-state index in [9.17, 15) is 4.79 Å². The largest absolute Gasteiger partial charge is 0.272 e. The molecule has 0 aliphatic rings. The smallest absolute Gasteiger partial charge is 0.267 e. The van der Waals surface area contributed by atoms with Crippen LogP contribution in [-0.2, 0) is 6.42 Å². The van der Waals surface area contributed by atoms with E-state index in [0.29, 0.717) is 11.5 Å². The molecule has 1 aromatic heterocycles. The number of H-pyrrole nitrogens is 1. The number of nitrogens with zero attached hydrogens (tertiary/aromatic N) is 1. The summed E-state index contributed by atoms with van der Waals surface area (Å²) in [6, 6.07) is 9.99. The van der Waals surface area contributed by atoms with Gasteiger partial charge in [0.05, 0.1) is 11.3 Å². The molecule has 0 saturated carbocycles. The lowest BCUT2D eigenvalue weighted by Gasteiger charge is -2.06. The van der Waals surface area contributed by atoms with Crippen LogP contribution in [0.25, 0.3) is 11.1 Å². The van der Waals surface area contributed by atoms with Crippen molar-refractivity contribution < 1.29 is 0 Å². The van der Waals surface area contributed by atoms with Gasteiger partial charge in [-0.3, -0.25) is 4.79 Å². The Morgan fingerprint density at radius 3 is 2.50 bits per heavy atom. The number of hydrogen-bond acceptors (Lipinski definition) is 2. The Balaban J connectivity index is 2.34. The molecule has 0 saturated heterocycles. The second kappa shape index (κ2) is 5.17. The van der Waals surface area contributed by atoms with Crippen LogP contribution in [0.5, 0.6) is 0 Å². The summed E-state index contributed by atoms with van der Waals surface area (Å²) >= 11 is 0. The van der Waals surface area contributed by atoms with Crippen molar-refractivity contribution in [2.75, 3.05) is 0 Å². The van der Waals surface area contributed by atoms with Crippen LogP contribution in [0.15, 0.2) is 35.1 Å². The van der Waals surface area contributed by atoms with Gasteiger partial charge < -0.3 is 0 Å². The van der Waals surface area contributed by atoms with E-state index in [4.69, 9.17) is 0 Å². The second-order valence-electron chi connectivity index (χ2n) is 5.05. The van der Waals surface area contributed by atoms with E-state index in [-0.39, 0.29) is 5.56 Å². The molecular weight excluding hydrogens is 224 g/mol. The van der Waals surface area contributed by atoms with Crippen molar-refractivity contribution in [2.24, 2.45) is 5.92 Å². The average Bonchev–Trinajstić information content (AvgIpc) is 2.33. The van der Waals surface area contributed by atoms with E-state index >= 15 is 0 Å². The van der Waals surface area contributed by atoms with Crippen molar-refractivity contribution in [1.29, 1.82) is 0 Å². The third-order valence-electron chi connectivity index (χ3n) is 2.84. The normalized spacial score (nSPS) is 10.9. The SMILES string of the molecule is Cc1cc(-c2ccc(CC(C)C)cc2)c(=O)[nH]n1. The van der Waals surface area contributed by atoms with E-state index in [0.717, 1.165) is 17.7 Å². The molecule has 0 aliphatic carbocycles. The molecule has 0 aliphatic heterocycles. The number of aromatic nitrogens is 2. The molecule has 94 valence electrons. The number of rotatable bonds is 3. The lowest BCUT2D eigenvalue weighted by Crippen LogP contribution is -2.11. The number of nitrogens with one attached hydrogen (secondary N) is 1. The van der Waals surface area contributed by atoms with Gasteiger partial charge in [0.1, 0.15) is 0 Å². The zero-order valence-corrected chi connectivity index (χ0v) is 11.0. The highest BCUT2D eigenvalue weighted by atomic mass is 16.1. The van der Waals surface area contributed by atoms with Crippen molar-refractivity contribution in [1.82, 2.24) is 10.2 Å². The fourth-order valence-electron chi connectivity index (χ4n) is 2.01. The summed E-state index contributed by atoms with van der Waals surface area (Å²) in [5, 5.41) is 6.39. The van der Waals surface area contributed by atoms with Crippen molar-refractivity contribution in [2.45, 2.75) is 27.2 Å². The first-order chi connectivity index (χ1) is 8.56. The molecule has 0 fully saturated rings. The first kappa shape index (κ1) is 12.6. The third kappa shape index (κ3) is 2.86. The zero-order valence-electron chi connectivity index (χ0n) is 11.0. The lowest BCUT2D eigenvalue weighted by molar-refractivity contribution is 0.647. The summed E-state index contributed by atoms with van der Waals surface area (Å²) in [6.45, 7) is 6.27. The molecule has 2 rings (SSSR count). The molecule has 3 nitrogen and oxygen atoms in total. The van der Waals surface area contributed by atoms with Crippen molar-refractivity contribution >= 4 is 0 Å². The van der Waals surface area contributed by atoms with Gasteiger partial charge in [-0.2, -0.15) is 5.10 Å². The minimum absolute atomic E-state index is 0.141. The minimum Gasteiger partial charge on any atom is -0.267 e.